The van der Waals surface area contributed by atoms with Gasteiger partial charge in [-0.15, -0.1) is 0 Å². The van der Waals surface area contributed by atoms with E-state index in [1.165, 1.54) is 10.0 Å². The molecule has 112 valence electrons. The van der Waals surface area contributed by atoms with Crippen LogP contribution >= 0.6 is 15.9 Å². The maximum atomic E-state index is 5.80. The summed E-state index contributed by atoms with van der Waals surface area (Å²) in [5, 5.41) is 3.54. The topological polar surface area (TPSA) is 21.3 Å². The van der Waals surface area contributed by atoms with Crippen molar-refractivity contribution in [3.05, 3.63) is 64.6 Å². The normalized spacial score (nSPS) is 12.1. The van der Waals surface area contributed by atoms with Crippen molar-refractivity contribution < 1.29 is 4.74 Å². The van der Waals surface area contributed by atoms with Crippen molar-refractivity contribution in [1.82, 2.24) is 5.32 Å². The van der Waals surface area contributed by atoms with Gasteiger partial charge in [0.2, 0.25) is 0 Å². The number of ether oxygens (including phenoxy) is 1. The number of likely N-dealkylation sites (N-methyl/N-ethyl adjacent to an activating group) is 1. The van der Waals surface area contributed by atoms with Crippen LogP contribution in [0.1, 0.15) is 18.9 Å². The van der Waals surface area contributed by atoms with Gasteiger partial charge in [-0.3, -0.25) is 0 Å². The molecule has 2 aromatic carbocycles. The van der Waals surface area contributed by atoms with Gasteiger partial charge in [-0.25, -0.2) is 0 Å². The second kappa shape index (κ2) is 8.85. The van der Waals surface area contributed by atoms with Crippen LogP contribution in [0.3, 0.4) is 0 Å². The van der Waals surface area contributed by atoms with Crippen molar-refractivity contribution in [3.8, 4) is 5.75 Å². The Hall–Kier alpha value is -1.32. The Bertz CT molecular complexity index is 530. The van der Waals surface area contributed by atoms with Gasteiger partial charge in [0.05, 0.1) is 6.61 Å². The lowest BCUT2D eigenvalue weighted by atomic mass is 10.0. The predicted molar refractivity (Wildman–Crippen MR) is 91.9 cm³/mol. The molecule has 0 radical (unpaired) electrons. The van der Waals surface area contributed by atoms with Crippen LogP contribution in [-0.2, 0) is 6.42 Å². The number of hydrogen-bond donors (Lipinski definition) is 1. The summed E-state index contributed by atoms with van der Waals surface area (Å²) in [7, 11) is 0. The molecular weight excluding hydrogens is 326 g/mol. The molecule has 0 bridgehead atoms. The van der Waals surface area contributed by atoms with Crippen molar-refractivity contribution in [2.24, 2.45) is 0 Å². The molecule has 0 saturated carbocycles. The largest absolute Gasteiger partial charge is 0.494 e. The first-order valence-electron chi connectivity index (χ1n) is 7.44. The van der Waals surface area contributed by atoms with Crippen molar-refractivity contribution in [1.29, 1.82) is 0 Å². The second-order valence-electron chi connectivity index (χ2n) is 5.00. The van der Waals surface area contributed by atoms with E-state index in [1.807, 2.05) is 36.4 Å². The van der Waals surface area contributed by atoms with E-state index in [2.05, 4.69) is 46.4 Å². The first kappa shape index (κ1) is 16.1. The molecule has 0 spiro atoms. The van der Waals surface area contributed by atoms with Crippen molar-refractivity contribution in [3.63, 3.8) is 0 Å². The summed E-state index contributed by atoms with van der Waals surface area (Å²) < 4.78 is 6.98. The molecule has 2 rings (SSSR count). The number of nitrogens with one attached hydrogen (secondary N) is 1. The molecule has 1 N–H and O–H groups in total. The molecule has 2 aromatic rings. The zero-order valence-corrected chi connectivity index (χ0v) is 14.0. The maximum Gasteiger partial charge on any atom is 0.119 e. The van der Waals surface area contributed by atoms with Crippen LogP contribution in [0.5, 0.6) is 5.75 Å². The van der Waals surface area contributed by atoms with Crippen molar-refractivity contribution in [2.45, 2.75) is 25.8 Å². The Morgan fingerprint density at radius 1 is 1.05 bits per heavy atom. The summed E-state index contributed by atoms with van der Waals surface area (Å²) >= 11 is 3.62. The number of benzene rings is 2. The zero-order chi connectivity index (χ0) is 14.9. The third kappa shape index (κ3) is 5.52. The average Bonchev–Trinajstić information content (AvgIpc) is 2.51. The van der Waals surface area contributed by atoms with E-state index in [9.17, 15) is 0 Å². The molecule has 21 heavy (non-hydrogen) atoms. The van der Waals surface area contributed by atoms with E-state index in [0.29, 0.717) is 6.04 Å². The molecule has 0 fully saturated rings. The molecule has 0 aromatic heterocycles. The highest BCUT2D eigenvalue weighted by Gasteiger charge is 2.10. The van der Waals surface area contributed by atoms with Crippen LogP contribution in [0, 0.1) is 0 Å². The lowest BCUT2D eigenvalue weighted by molar-refractivity contribution is 0.285. The Balaban J connectivity index is 1.86. The number of para-hydroxylation sites is 1. The average molecular weight is 348 g/mol. The van der Waals surface area contributed by atoms with Gasteiger partial charge >= 0.3 is 0 Å². The first-order valence-corrected chi connectivity index (χ1v) is 8.23. The monoisotopic (exact) mass is 347 g/mol. The summed E-state index contributed by atoms with van der Waals surface area (Å²) in [4.78, 5) is 0. The minimum atomic E-state index is 0.428. The lowest BCUT2D eigenvalue weighted by Gasteiger charge is -2.19. The number of hydrogen-bond acceptors (Lipinski definition) is 2. The molecule has 3 heteroatoms. The molecule has 0 saturated heterocycles. The van der Waals surface area contributed by atoms with Gasteiger partial charge in [0.1, 0.15) is 5.75 Å². The zero-order valence-electron chi connectivity index (χ0n) is 12.4. The summed E-state index contributed by atoms with van der Waals surface area (Å²) in [6.45, 7) is 3.84. The molecule has 0 aliphatic carbocycles. The van der Waals surface area contributed by atoms with Crippen LogP contribution in [0.4, 0.5) is 0 Å². The molecule has 0 amide bonds. The van der Waals surface area contributed by atoms with E-state index < -0.39 is 0 Å². The predicted octanol–water partition coefficient (Wildman–Crippen LogP) is 4.44. The van der Waals surface area contributed by atoms with E-state index in [4.69, 9.17) is 4.74 Å². The van der Waals surface area contributed by atoms with Crippen molar-refractivity contribution in [2.75, 3.05) is 13.2 Å². The highest BCUT2D eigenvalue weighted by atomic mass is 79.9. The Morgan fingerprint density at radius 3 is 2.48 bits per heavy atom. The SMILES string of the molecule is CCNC(CCOc1ccccc1)Cc1ccccc1Br. The second-order valence-corrected chi connectivity index (χ2v) is 5.85. The van der Waals surface area contributed by atoms with Crippen LogP contribution in [-0.4, -0.2) is 19.2 Å². The van der Waals surface area contributed by atoms with Crippen LogP contribution in [0.15, 0.2) is 59.1 Å². The lowest BCUT2D eigenvalue weighted by Crippen LogP contribution is -2.32. The molecule has 2 nitrogen and oxygen atoms in total. The summed E-state index contributed by atoms with van der Waals surface area (Å²) in [6.07, 6.45) is 2.00. The molecule has 0 aliphatic rings. The highest BCUT2D eigenvalue weighted by Crippen LogP contribution is 2.18. The summed E-state index contributed by atoms with van der Waals surface area (Å²) in [6, 6.07) is 18.8. The quantitative estimate of drug-likeness (QED) is 0.762. The minimum Gasteiger partial charge on any atom is -0.494 e. The fraction of sp³-hybridized carbons (Fsp3) is 0.333. The highest BCUT2D eigenvalue weighted by molar-refractivity contribution is 9.10. The third-order valence-electron chi connectivity index (χ3n) is 3.40. The Morgan fingerprint density at radius 2 is 1.76 bits per heavy atom. The molecule has 1 unspecified atom stereocenters. The van der Waals surface area contributed by atoms with Gasteiger partial charge in [-0.1, -0.05) is 59.3 Å². The number of halogens is 1. The van der Waals surface area contributed by atoms with Gasteiger partial charge in [0.15, 0.2) is 0 Å². The van der Waals surface area contributed by atoms with Gasteiger partial charge in [-0.2, -0.15) is 0 Å². The van der Waals surface area contributed by atoms with Gasteiger partial charge in [0.25, 0.3) is 0 Å². The summed E-state index contributed by atoms with van der Waals surface area (Å²) in [5.41, 5.74) is 1.34. The molecule has 1 atom stereocenters. The molecular formula is C18H22BrNO. The van der Waals surface area contributed by atoms with Crippen LogP contribution < -0.4 is 10.1 Å². The fourth-order valence-corrected chi connectivity index (χ4v) is 2.78. The van der Waals surface area contributed by atoms with Gasteiger partial charge in [0, 0.05) is 10.5 Å². The Kier molecular flexibility index (Phi) is 6.77. The van der Waals surface area contributed by atoms with E-state index in [-0.39, 0.29) is 0 Å². The van der Waals surface area contributed by atoms with E-state index in [0.717, 1.165) is 31.7 Å². The molecule has 0 aliphatic heterocycles. The third-order valence-corrected chi connectivity index (χ3v) is 4.17. The summed E-state index contributed by atoms with van der Waals surface area (Å²) in [5.74, 6) is 0.939. The van der Waals surface area contributed by atoms with Crippen LogP contribution in [0.25, 0.3) is 0 Å². The van der Waals surface area contributed by atoms with Gasteiger partial charge in [-0.05, 0) is 43.1 Å². The van der Waals surface area contributed by atoms with E-state index in [1.54, 1.807) is 0 Å². The number of rotatable bonds is 8. The standard InChI is InChI=1S/C18H22BrNO/c1-2-20-16(14-15-8-6-7-11-18(15)19)12-13-21-17-9-4-3-5-10-17/h3-11,16,20H,2,12-14H2,1H3. The van der Waals surface area contributed by atoms with Gasteiger partial charge < -0.3 is 10.1 Å². The molecule has 0 heterocycles. The van der Waals surface area contributed by atoms with Crippen molar-refractivity contribution >= 4 is 15.9 Å². The minimum absolute atomic E-state index is 0.428. The Labute approximate surface area is 135 Å². The smallest absolute Gasteiger partial charge is 0.119 e. The fourth-order valence-electron chi connectivity index (χ4n) is 2.33. The first-order chi connectivity index (χ1) is 10.3. The van der Waals surface area contributed by atoms with Crippen LogP contribution in [0.2, 0.25) is 0 Å². The maximum absolute atomic E-state index is 5.80. The van der Waals surface area contributed by atoms with E-state index >= 15 is 0 Å².